The van der Waals surface area contributed by atoms with Crippen LogP contribution in [0.2, 0.25) is 0 Å². The number of ether oxygens (including phenoxy) is 3. The van der Waals surface area contributed by atoms with E-state index in [0.717, 1.165) is 11.3 Å². The average Bonchev–Trinajstić information content (AvgIpc) is 2.67. The molecule has 0 spiro atoms. The summed E-state index contributed by atoms with van der Waals surface area (Å²) in [6.45, 7) is 6.30. The lowest BCUT2D eigenvalue weighted by molar-refractivity contribution is 0.0954. The molecule has 0 aromatic heterocycles. The Morgan fingerprint density at radius 2 is 1.92 bits per heavy atom. The second kappa shape index (κ2) is 9.88. The van der Waals surface area contributed by atoms with Crippen LogP contribution in [0.15, 0.2) is 60.2 Å². The van der Waals surface area contributed by atoms with Gasteiger partial charge in [-0.3, -0.25) is 4.79 Å². The Bertz CT molecular complexity index is 770. The molecule has 0 aliphatic rings. The van der Waals surface area contributed by atoms with Crippen LogP contribution in [0.25, 0.3) is 0 Å². The highest BCUT2D eigenvalue weighted by Crippen LogP contribution is 2.28. The third-order valence-electron chi connectivity index (χ3n) is 3.36. The number of hydrazone groups is 1. The summed E-state index contributed by atoms with van der Waals surface area (Å²) >= 11 is 0. The summed E-state index contributed by atoms with van der Waals surface area (Å²) < 4.78 is 16.1. The van der Waals surface area contributed by atoms with Gasteiger partial charge in [0.25, 0.3) is 5.91 Å². The highest BCUT2D eigenvalue weighted by molar-refractivity contribution is 5.95. The molecule has 0 aliphatic heterocycles. The molecule has 0 aliphatic carbocycles. The van der Waals surface area contributed by atoms with Crippen molar-refractivity contribution in [1.82, 2.24) is 5.43 Å². The molecule has 1 amide bonds. The van der Waals surface area contributed by atoms with E-state index >= 15 is 0 Å². The van der Waals surface area contributed by atoms with Crippen molar-refractivity contribution < 1.29 is 19.0 Å². The van der Waals surface area contributed by atoms with Crippen molar-refractivity contribution in [2.45, 2.75) is 6.92 Å². The summed E-state index contributed by atoms with van der Waals surface area (Å²) in [7, 11) is 1.60. The Morgan fingerprint density at radius 1 is 1.15 bits per heavy atom. The molecule has 2 aromatic carbocycles. The van der Waals surface area contributed by atoms with Gasteiger partial charge in [-0.15, -0.1) is 0 Å². The van der Waals surface area contributed by atoms with Crippen LogP contribution in [0.5, 0.6) is 17.2 Å². The van der Waals surface area contributed by atoms with E-state index in [0.29, 0.717) is 30.3 Å². The van der Waals surface area contributed by atoms with E-state index in [1.54, 1.807) is 37.6 Å². The highest BCUT2D eigenvalue weighted by Gasteiger charge is 2.11. The number of methoxy groups -OCH3 is 1. The second-order valence-electron chi connectivity index (χ2n) is 5.17. The van der Waals surface area contributed by atoms with Crippen LogP contribution < -0.4 is 19.6 Å². The number of hydrogen-bond donors (Lipinski definition) is 1. The zero-order chi connectivity index (χ0) is 18.8. The third-order valence-corrected chi connectivity index (χ3v) is 3.36. The van der Waals surface area contributed by atoms with Gasteiger partial charge < -0.3 is 14.2 Å². The van der Waals surface area contributed by atoms with Crippen LogP contribution in [0, 0.1) is 0 Å². The molecule has 0 fully saturated rings. The van der Waals surface area contributed by atoms with Gasteiger partial charge in [0.1, 0.15) is 12.4 Å². The first-order valence-electron chi connectivity index (χ1n) is 8.16. The minimum atomic E-state index is -0.342. The van der Waals surface area contributed by atoms with E-state index in [-0.39, 0.29) is 5.91 Å². The molecular weight excluding hydrogens is 332 g/mol. The molecule has 0 saturated carbocycles. The van der Waals surface area contributed by atoms with Crippen molar-refractivity contribution in [1.29, 1.82) is 0 Å². The molecule has 0 atom stereocenters. The zero-order valence-corrected chi connectivity index (χ0v) is 14.9. The van der Waals surface area contributed by atoms with E-state index in [1.807, 2.05) is 31.2 Å². The highest BCUT2D eigenvalue weighted by atomic mass is 16.5. The Hall–Kier alpha value is -3.28. The quantitative estimate of drug-likeness (QED) is 0.426. The second-order valence-corrected chi connectivity index (χ2v) is 5.17. The Kier molecular flexibility index (Phi) is 7.24. The lowest BCUT2D eigenvalue weighted by atomic mass is 10.2. The molecule has 136 valence electrons. The molecule has 6 nitrogen and oxygen atoms in total. The van der Waals surface area contributed by atoms with Crippen molar-refractivity contribution in [3.63, 3.8) is 0 Å². The molecule has 26 heavy (non-hydrogen) atoms. The maximum atomic E-state index is 12.3. The largest absolute Gasteiger partial charge is 0.497 e. The Morgan fingerprint density at radius 3 is 2.58 bits per heavy atom. The van der Waals surface area contributed by atoms with Crippen molar-refractivity contribution in [3.8, 4) is 17.2 Å². The van der Waals surface area contributed by atoms with Gasteiger partial charge in [-0.1, -0.05) is 12.7 Å². The van der Waals surface area contributed by atoms with E-state index in [4.69, 9.17) is 14.2 Å². The summed E-state index contributed by atoms with van der Waals surface area (Å²) in [5.41, 5.74) is 3.76. The van der Waals surface area contributed by atoms with E-state index in [1.165, 1.54) is 0 Å². The van der Waals surface area contributed by atoms with Crippen molar-refractivity contribution in [2.75, 3.05) is 20.3 Å². The number of amides is 1. The minimum Gasteiger partial charge on any atom is -0.497 e. The summed E-state index contributed by atoms with van der Waals surface area (Å²) in [6.07, 6.45) is 3.20. The lowest BCUT2D eigenvalue weighted by Gasteiger charge is -2.12. The number of carbonyl (C=O) groups excluding carboxylic acids is 1. The van der Waals surface area contributed by atoms with Gasteiger partial charge in [0.05, 0.1) is 19.9 Å². The minimum absolute atomic E-state index is 0.342. The summed E-state index contributed by atoms with van der Waals surface area (Å²) in [5.74, 6) is 1.48. The molecule has 2 aromatic rings. The van der Waals surface area contributed by atoms with Gasteiger partial charge in [-0.25, -0.2) is 5.43 Å². The molecule has 0 radical (unpaired) electrons. The summed E-state index contributed by atoms with van der Waals surface area (Å²) in [6, 6.07) is 12.3. The number of nitrogens with one attached hydrogen (secondary N) is 1. The van der Waals surface area contributed by atoms with E-state index in [2.05, 4.69) is 17.1 Å². The van der Waals surface area contributed by atoms with Crippen molar-refractivity contribution in [2.24, 2.45) is 5.10 Å². The van der Waals surface area contributed by atoms with Crippen molar-refractivity contribution in [3.05, 3.63) is 66.2 Å². The fourth-order valence-corrected chi connectivity index (χ4v) is 2.11. The van der Waals surface area contributed by atoms with E-state index < -0.39 is 0 Å². The standard InChI is InChI=1S/C20H22N2O4/c1-4-12-26-18-11-8-16(13-19(18)25-5-2)20(23)22-21-14-15-6-9-17(24-3)10-7-15/h4,6-11,13-14H,1,5,12H2,2-3H3,(H,22,23)/b21-14+. The SMILES string of the molecule is C=CCOc1ccc(C(=O)N/N=C/c2ccc(OC)cc2)cc1OCC. The predicted molar refractivity (Wildman–Crippen MR) is 101 cm³/mol. The van der Waals surface area contributed by atoms with Gasteiger partial charge in [0.2, 0.25) is 0 Å². The topological polar surface area (TPSA) is 69.2 Å². The van der Waals surface area contributed by atoms with Crippen LogP contribution in [0.4, 0.5) is 0 Å². The Balaban J connectivity index is 2.04. The van der Waals surface area contributed by atoms with Crippen LogP contribution in [0.3, 0.4) is 0 Å². The molecule has 0 bridgehead atoms. The Labute approximate surface area is 153 Å². The molecule has 0 saturated heterocycles. The monoisotopic (exact) mass is 354 g/mol. The maximum absolute atomic E-state index is 12.3. The number of rotatable bonds is 9. The normalized spacial score (nSPS) is 10.4. The molecule has 1 N–H and O–H groups in total. The molecule has 2 rings (SSSR count). The predicted octanol–water partition coefficient (Wildman–Crippen LogP) is 3.42. The maximum Gasteiger partial charge on any atom is 0.271 e. The van der Waals surface area contributed by atoms with Crippen molar-refractivity contribution >= 4 is 12.1 Å². The first-order chi connectivity index (χ1) is 12.7. The smallest absolute Gasteiger partial charge is 0.271 e. The number of carbonyl (C=O) groups is 1. The lowest BCUT2D eigenvalue weighted by Crippen LogP contribution is -2.17. The van der Waals surface area contributed by atoms with Gasteiger partial charge in [-0.05, 0) is 55.0 Å². The van der Waals surface area contributed by atoms with Crippen LogP contribution >= 0.6 is 0 Å². The van der Waals surface area contributed by atoms with Gasteiger partial charge >= 0.3 is 0 Å². The third kappa shape index (κ3) is 5.37. The summed E-state index contributed by atoms with van der Waals surface area (Å²) in [4.78, 5) is 12.3. The van der Waals surface area contributed by atoms with Crippen LogP contribution in [-0.4, -0.2) is 32.4 Å². The van der Waals surface area contributed by atoms with Crippen LogP contribution in [0.1, 0.15) is 22.8 Å². The fraction of sp³-hybridized carbons (Fsp3) is 0.200. The van der Waals surface area contributed by atoms with Crippen LogP contribution in [-0.2, 0) is 0 Å². The first kappa shape index (κ1) is 19.1. The number of hydrogen-bond acceptors (Lipinski definition) is 5. The van der Waals surface area contributed by atoms with E-state index in [9.17, 15) is 4.79 Å². The molecular formula is C20H22N2O4. The fourth-order valence-electron chi connectivity index (χ4n) is 2.11. The van der Waals surface area contributed by atoms with Gasteiger partial charge in [0, 0.05) is 5.56 Å². The van der Waals surface area contributed by atoms with Gasteiger partial charge in [-0.2, -0.15) is 5.10 Å². The molecule has 6 heteroatoms. The zero-order valence-electron chi connectivity index (χ0n) is 14.9. The first-order valence-corrected chi connectivity index (χ1v) is 8.16. The summed E-state index contributed by atoms with van der Waals surface area (Å²) in [5, 5.41) is 3.97. The molecule has 0 unspecified atom stereocenters. The molecule has 0 heterocycles. The average molecular weight is 354 g/mol. The number of nitrogens with zero attached hydrogens (tertiary/aromatic N) is 1. The van der Waals surface area contributed by atoms with Gasteiger partial charge in [0.15, 0.2) is 11.5 Å². The number of benzene rings is 2.